The Morgan fingerprint density at radius 1 is 1.50 bits per heavy atom. The summed E-state index contributed by atoms with van der Waals surface area (Å²) < 4.78 is 5.53. The van der Waals surface area contributed by atoms with Crippen LogP contribution in [-0.4, -0.2) is 30.7 Å². The summed E-state index contributed by atoms with van der Waals surface area (Å²) in [4.78, 5) is 13.0. The highest BCUT2D eigenvalue weighted by Gasteiger charge is 2.34. The minimum atomic E-state index is -0.0706. The number of carbonyl (C=O) groups excluding carboxylic acids is 1. The minimum absolute atomic E-state index is 0.00479. The molecular weight excluding hydrogens is 154 g/mol. The molecule has 1 aliphatic rings. The van der Waals surface area contributed by atoms with Crippen LogP contribution in [0.4, 0.5) is 0 Å². The van der Waals surface area contributed by atoms with E-state index in [-0.39, 0.29) is 17.6 Å². The van der Waals surface area contributed by atoms with Crippen LogP contribution in [0.3, 0.4) is 0 Å². The summed E-state index contributed by atoms with van der Waals surface area (Å²) >= 11 is 0. The van der Waals surface area contributed by atoms with Gasteiger partial charge in [-0.05, 0) is 0 Å². The fraction of sp³-hybridized carbons (Fsp3) is 0.889. The van der Waals surface area contributed by atoms with Gasteiger partial charge in [0.2, 0.25) is 5.91 Å². The van der Waals surface area contributed by atoms with Crippen LogP contribution in [0.25, 0.3) is 0 Å². The van der Waals surface area contributed by atoms with Crippen molar-refractivity contribution in [1.82, 2.24) is 4.90 Å². The molecule has 0 aromatic carbocycles. The zero-order valence-electron chi connectivity index (χ0n) is 8.26. The van der Waals surface area contributed by atoms with Crippen LogP contribution in [-0.2, 0) is 9.53 Å². The Labute approximate surface area is 73.7 Å². The molecule has 1 unspecified atom stereocenters. The smallest absolute Gasteiger partial charge is 0.226 e. The lowest BCUT2D eigenvalue weighted by atomic mass is 9.92. The van der Waals surface area contributed by atoms with Crippen LogP contribution in [0.15, 0.2) is 0 Å². The molecule has 1 amide bonds. The normalized spacial score (nSPS) is 26.2. The van der Waals surface area contributed by atoms with Crippen LogP contribution in [0.1, 0.15) is 27.2 Å². The van der Waals surface area contributed by atoms with E-state index in [9.17, 15) is 4.79 Å². The van der Waals surface area contributed by atoms with E-state index in [2.05, 4.69) is 20.8 Å². The molecule has 0 N–H and O–H groups in total. The van der Waals surface area contributed by atoms with Gasteiger partial charge < -0.3 is 9.64 Å². The Kier molecular flexibility index (Phi) is 2.42. The maximum atomic E-state index is 11.3. The Morgan fingerprint density at radius 2 is 2.08 bits per heavy atom. The molecule has 0 radical (unpaired) electrons. The van der Waals surface area contributed by atoms with Gasteiger partial charge in [-0.2, -0.15) is 0 Å². The third-order valence-electron chi connectivity index (χ3n) is 2.08. The van der Waals surface area contributed by atoms with E-state index in [1.54, 1.807) is 11.9 Å². The van der Waals surface area contributed by atoms with Crippen molar-refractivity contribution in [1.29, 1.82) is 0 Å². The van der Waals surface area contributed by atoms with Crippen molar-refractivity contribution in [2.75, 3.05) is 13.7 Å². The Hall–Kier alpha value is -0.570. The van der Waals surface area contributed by atoms with Crippen molar-refractivity contribution in [3.8, 4) is 0 Å². The van der Waals surface area contributed by atoms with Crippen LogP contribution < -0.4 is 0 Å². The molecule has 0 bridgehead atoms. The third-order valence-corrected chi connectivity index (χ3v) is 2.08. The van der Waals surface area contributed by atoms with E-state index in [0.29, 0.717) is 13.0 Å². The first-order valence-corrected chi connectivity index (χ1v) is 4.30. The lowest BCUT2D eigenvalue weighted by Gasteiger charge is -2.40. The maximum Gasteiger partial charge on any atom is 0.226 e. The van der Waals surface area contributed by atoms with Crippen molar-refractivity contribution < 1.29 is 9.53 Å². The van der Waals surface area contributed by atoms with E-state index < -0.39 is 0 Å². The van der Waals surface area contributed by atoms with Gasteiger partial charge in [0, 0.05) is 12.5 Å². The molecule has 1 atom stereocenters. The molecule has 1 heterocycles. The SMILES string of the molecule is CN1C(=O)CCOC1C(C)(C)C. The molecule has 0 saturated carbocycles. The van der Waals surface area contributed by atoms with Gasteiger partial charge in [-0.3, -0.25) is 4.79 Å². The van der Waals surface area contributed by atoms with Gasteiger partial charge in [0.05, 0.1) is 13.0 Å². The maximum absolute atomic E-state index is 11.3. The highest BCUT2D eigenvalue weighted by atomic mass is 16.5. The first-order chi connectivity index (χ1) is 5.43. The molecule has 12 heavy (non-hydrogen) atoms. The number of hydrogen-bond acceptors (Lipinski definition) is 2. The Bertz CT molecular complexity index is 183. The van der Waals surface area contributed by atoms with Gasteiger partial charge in [-0.25, -0.2) is 0 Å². The molecule has 1 saturated heterocycles. The van der Waals surface area contributed by atoms with Crippen molar-refractivity contribution >= 4 is 5.91 Å². The van der Waals surface area contributed by atoms with Crippen LogP contribution >= 0.6 is 0 Å². The molecule has 1 fully saturated rings. The minimum Gasteiger partial charge on any atom is -0.357 e. The molecule has 0 spiro atoms. The van der Waals surface area contributed by atoms with Gasteiger partial charge in [0.15, 0.2) is 0 Å². The number of nitrogens with zero attached hydrogens (tertiary/aromatic N) is 1. The summed E-state index contributed by atoms with van der Waals surface area (Å²) in [7, 11) is 1.80. The van der Waals surface area contributed by atoms with E-state index in [4.69, 9.17) is 4.74 Å². The Balaban J connectivity index is 2.70. The predicted octanol–water partition coefficient (Wildman–Crippen LogP) is 1.24. The quantitative estimate of drug-likeness (QED) is 0.548. The lowest BCUT2D eigenvalue weighted by molar-refractivity contribution is -0.172. The number of ether oxygens (including phenoxy) is 1. The summed E-state index contributed by atoms with van der Waals surface area (Å²) in [6, 6.07) is 0. The summed E-state index contributed by atoms with van der Waals surface area (Å²) in [5, 5.41) is 0. The van der Waals surface area contributed by atoms with Gasteiger partial charge in [0.25, 0.3) is 0 Å². The van der Waals surface area contributed by atoms with Crippen molar-refractivity contribution in [3.63, 3.8) is 0 Å². The van der Waals surface area contributed by atoms with E-state index >= 15 is 0 Å². The van der Waals surface area contributed by atoms with Crippen molar-refractivity contribution in [2.45, 2.75) is 33.4 Å². The summed E-state index contributed by atoms with van der Waals surface area (Å²) in [5.41, 5.74) is 0.00479. The molecule has 1 rings (SSSR count). The molecule has 0 aliphatic carbocycles. The monoisotopic (exact) mass is 171 g/mol. The summed E-state index contributed by atoms with van der Waals surface area (Å²) in [6.07, 6.45) is 0.446. The zero-order chi connectivity index (χ0) is 9.35. The first-order valence-electron chi connectivity index (χ1n) is 4.30. The van der Waals surface area contributed by atoms with Crippen LogP contribution in [0.2, 0.25) is 0 Å². The molecule has 70 valence electrons. The first kappa shape index (κ1) is 9.52. The third kappa shape index (κ3) is 1.78. The van der Waals surface area contributed by atoms with Gasteiger partial charge in [-0.15, -0.1) is 0 Å². The average molecular weight is 171 g/mol. The zero-order valence-corrected chi connectivity index (χ0v) is 8.26. The average Bonchev–Trinajstić information content (AvgIpc) is 1.92. The van der Waals surface area contributed by atoms with Crippen LogP contribution in [0, 0.1) is 5.41 Å². The molecular formula is C9H17NO2. The lowest BCUT2D eigenvalue weighted by Crippen LogP contribution is -2.50. The molecule has 3 nitrogen and oxygen atoms in total. The molecule has 3 heteroatoms. The fourth-order valence-corrected chi connectivity index (χ4v) is 1.51. The second-order valence-electron chi connectivity index (χ2n) is 4.34. The Morgan fingerprint density at radius 3 is 2.50 bits per heavy atom. The number of rotatable bonds is 0. The van der Waals surface area contributed by atoms with Gasteiger partial charge in [-0.1, -0.05) is 20.8 Å². The summed E-state index contributed by atoms with van der Waals surface area (Å²) in [5.74, 6) is 0.182. The molecule has 0 aromatic rings. The van der Waals surface area contributed by atoms with E-state index in [0.717, 1.165) is 0 Å². The van der Waals surface area contributed by atoms with Gasteiger partial charge in [0.1, 0.15) is 6.23 Å². The van der Waals surface area contributed by atoms with E-state index in [1.807, 2.05) is 0 Å². The van der Waals surface area contributed by atoms with Crippen molar-refractivity contribution in [3.05, 3.63) is 0 Å². The highest BCUT2D eigenvalue weighted by Crippen LogP contribution is 2.27. The topological polar surface area (TPSA) is 29.5 Å². The number of hydrogen-bond donors (Lipinski definition) is 0. The highest BCUT2D eigenvalue weighted by molar-refractivity contribution is 5.76. The molecule has 1 aliphatic heterocycles. The van der Waals surface area contributed by atoms with Crippen LogP contribution in [0.5, 0.6) is 0 Å². The van der Waals surface area contributed by atoms with Crippen molar-refractivity contribution in [2.24, 2.45) is 5.41 Å². The van der Waals surface area contributed by atoms with Gasteiger partial charge >= 0.3 is 0 Å². The summed E-state index contributed by atoms with van der Waals surface area (Å²) in [6.45, 7) is 6.79. The predicted molar refractivity (Wildman–Crippen MR) is 46.6 cm³/mol. The number of amides is 1. The second kappa shape index (κ2) is 3.05. The largest absolute Gasteiger partial charge is 0.357 e. The second-order valence-corrected chi connectivity index (χ2v) is 4.34. The fourth-order valence-electron chi connectivity index (χ4n) is 1.51. The molecule has 0 aromatic heterocycles. The number of carbonyl (C=O) groups is 1. The van der Waals surface area contributed by atoms with E-state index in [1.165, 1.54) is 0 Å². The standard InChI is InChI=1S/C9H17NO2/c1-9(2,3)8-10(4)7(11)5-6-12-8/h8H,5-6H2,1-4H3.